The van der Waals surface area contributed by atoms with E-state index >= 15 is 0 Å². The zero-order valence-corrected chi connectivity index (χ0v) is 10.8. The van der Waals surface area contributed by atoms with Crippen molar-refractivity contribution in [2.45, 2.75) is 23.7 Å². The first kappa shape index (κ1) is 12.8. The highest BCUT2D eigenvalue weighted by Gasteiger charge is 2.29. The van der Waals surface area contributed by atoms with Gasteiger partial charge in [-0.15, -0.1) is 0 Å². The summed E-state index contributed by atoms with van der Waals surface area (Å²) in [7, 11) is 0. The number of halogens is 3. The number of benzene rings is 1. The summed E-state index contributed by atoms with van der Waals surface area (Å²) < 4.78 is -1.48. The van der Waals surface area contributed by atoms with Gasteiger partial charge in [0, 0.05) is 6.04 Å². The maximum absolute atomic E-state index is 5.88. The molecule has 82 valence electrons. The van der Waals surface area contributed by atoms with E-state index < -0.39 is 3.79 Å². The van der Waals surface area contributed by atoms with Crippen LogP contribution in [0.2, 0.25) is 0 Å². The van der Waals surface area contributed by atoms with Crippen LogP contribution in [0.4, 0.5) is 0 Å². The molecule has 0 bridgehead atoms. The van der Waals surface area contributed by atoms with E-state index in [9.17, 15) is 0 Å². The Hall–Kier alpha value is -0.240. The summed E-state index contributed by atoms with van der Waals surface area (Å²) in [6.45, 7) is 3.89. The summed E-state index contributed by atoms with van der Waals surface area (Å²) in [6, 6.07) is 9.54. The molecule has 0 N–H and O–H groups in total. The Labute approximate surface area is 105 Å². The monoisotopic (exact) mass is 263 g/mol. The Morgan fingerprint density at radius 3 is 2.07 bits per heavy atom. The van der Waals surface area contributed by atoms with E-state index in [2.05, 4.69) is 4.99 Å². The summed E-state index contributed by atoms with van der Waals surface area (Å²) in [4.78, 5) is 4.34. The molecular weight excluding hydrogens is 252 g/mol. The standard InChI is InChI=1S/C11H12Cl3N/c1-8(2)15-10(11(12,13)14)9-6-4-3-5-7-9/h3-8H,1-2H3. The third-order valence-electron chi connectivity index (χ3n) is 1.70. The molecule has 0 aliphatic rings. The molecule has 1 aromatic rings. The number of nitrogens with zero attached hydrogens (tertiary/aromatic N) is 1. The fourth-order valence-electron chi connectivity index (χ4n) is 1.17. The minimum Gasteiger partial charge on any atom is -0.282 e. The van der Waals surface area contributed by atoms with Gasteiger partial charge >= 0.3 is 0 Å². The van der Waals surface area contributed by atoms with Crippen molar-refractivity contribution in [3.8, 4) is 0 Å². The molecule has 0 atom stereocenters. The quantitative estimate of drug-likeness (QED) is 0.559. The van der Waals surface area contributed by atoms with Crippen molar-refractivity contribution in [1.29, 1.82) is 0 Å². The van der Waals surface area contributed by atoms with Crippen molar-refractivity contribution < 1.29 is 0 Å². The number of hydrogen-bond acceptors (Lipinski definition) is 1. The van der Waals surface area contributed by atoms with Gasteiger partial charge in [0.2, 0.25) is 3.79 Å². The lowest BCUT2D eigenvalue weighted by molar-refractivity contribution is 0.833. The first-order valence-corrected chi connectivity index (χ1v) is 5.75. The molecule has 0 aromatic heterocycles. The Balaban J connectivity index is 3.15. The van der Waals surface area contributed by atoms with Gasteiger partial charge in [-0.05, 0) is 19.4 Å². The summed E-state index contributed by atoms with van der Waals surface area (Å²) in [5, 5.41) is 0. The third-order valence-corrected chi connectivity index (χ3v) is 2.24. The van der Waals surface area contributed by atoms with Crippen molar-refractivity contribution in [2.75, 3.05) is 0 Å². The number of aliphatic imine (C=N–C) groups is 1. The second kappa shape index (κ2) is 5.20. The van der Waals surface area contributed by atoms with E-state index in [0.29, 0.717) is 5.71 Å². The van der Waals surface area contributed by atoms with Crippen molar-refractivity contribution in [3.63, 3.8) is 0 Å². The highest BCUT2D eigenvalue weighted by Crippen LogP contribution is 2.31. The molecule has 0 aliphatic carbocycles. The molecule has 0 fully saturated rings. The van der Waals surface area contributed by atoms with Crippen LogP contribution in [-0.2, 0) is 0 Å². The van der Waals surface area contributed by atoms with E-state index in [4.69, 9.17) is 34.8 Å². The molecular formula is C11H12Cl3N. The predicted octanol–water partition coefficient (Wildman–Crippen LogP) is 4.25. The van der Waals surface area contributed by atoms with E-state index in [1.165, 1.54) is 0 Å². The summed E-state index contributed by atoms with van der Waals surface area (Å²) >= 11 is 17.6. The molecule has 0 heterocycles. The van der Waals surface area contributed by atoms with E-state index in [1.807, 2.05) is 44.2 Å². The van der Waals surface area contributed by atoms with Gasteiger partial charge in [0.1, 0.15) is 0 Å². The highest BCUT2D eigenvalue weighted by molar-refractivity contribution is 6.78. The van der Waals surface area contributed by atoms with Crippen LogP contribution in [0.5, 0.6) is 0 Å². The largest absolute Gasteiger partial charge is 0.282 e. The minimum absolute atomic E-state index is 0.0934. The van der Waals surface area contributed by atoms with Crippen molar-refractivity contribution in [3.05, 3.63) is 35.9 Å². The van der Waals surface area contributed by atoms with Crippen LogP contribution in [-0.4, -0.2) is 15.5 Å². The van der Waals surface area contributed by atoms with Crippen LogP contribution in [0.25, 0.3) is 0 Å². The third kappa shape index (κ3) is 4.02. The van der Waals surface area contributed by atoms with Gasteiger partial charge in [0.05, 0.1) is 5.71 Å². The molecule has 1 nitrogen and oxygen atoms in total. The van der Waals surface area contributed by atoms with E-state index in [0.717, 1.165) is 5.56 Å². The average Bonchev–Trinajstić information content (AvgIpc) is 2.14. The zero-order chi connectivity index (χ0) is 11.5. The average molecular weight is 265 g/mol. The van der Waals surface area contributed by atoms with Gasteiger partial charge in [-0.3, -0.25) is 4.99 Å². The van der Waals surface area contributed by atoms with Gasteiger partial charge < -0.3 is 0 Å². The molecule has 1 rings (SSSR count). The van der Waals surface area contributed by atoms with Crippen LogP contribution in [0.15, 0.2) is 35.3 Å². The maximum atomic E-state index is 5.88. The lowest BCUT2D eigenvalue weighted by atomic mass is 10.1. The molecule has 4 heteroatoms. The summed E-state index contributed by atoms with van der Waals surface area (Å²) in [5.41, 5.74) is 1.33. The molecule has 1 aromatic carbocycles. The summed E-state index contributed by atoms with van der Waals surface area (Å²) in [6.07, 6.45) is 0. The molecule has 0 radical (unpaired) electrons. The molecule has 0 spiro atoms. The summed E-state index contributed by atoms with van der Waals surface area (Å²) in [5.74, 6) is 0. The molecule has 0 amide bonds. The van der Waals surface area contributed by atoms with Gasteiger partial charge in [-0.1, -0.05) is 65.1 Å². The van der Waals surface area contributed by atoms with Gasteiger partial charge in [-0.2, -0.15) is 0 Å². The molecule has 15 heavy (non-hydrogen) atoms. The number of hydrogen-bond donors (Lipinski definition) is 0. The number of rotatable bonds is 2. The fraction of sp³-hybridized carbons (Fsp3) is 0.364. The first-order chi connectivity index (χ1) is 6.91. The van der Waals surface area contributed by atoms with Crippen molar-refractivity contribution in [1.82, 2.24) is 0 Å². The van der Waals surface area contributed by atoms with E-state index in [-0.39, 0.29) is 6.04 Å². The minimum atomic E-state index is -1.48. The second-order valence-corrected chi connectivity index (χ2v) is 5.72. The Bertz CT molecular complexity index is 339. The Morgan fingerprint density at radius 2 is 1.67 bits per heavy atom. The molecule has 0 saturated carbocycles. The topological polar surface area (TPSA) is 12.4 Å². The van der Waals surface area contributed by atoms with Gasteiger partial charge in [-0.25, -0.2) is 0 Å². The first-order valence-electron chi connectivity index (χ1n) is 4.61. The van der Waals surface area contributed by atoms with Gasteiger partial charge in [0.15, 0.2) is 0 Å². The second-order valence-electron chi connectivity index (χ2n) is 3.44. The molecule has 0 unspecified atom stereocenters. The Morgan fingerprint density at radius 1 is 1.13 bits per heavy atom. The Kier molecular flexibility index (Phi) is 4.45. The normalized spacial score (nSPS) is 13.3. The lowest BCUT2D eigenvalue weighted by Gasteiger charge is -2.16. The van der Waals surface area contributed by atoms with Gasteiger partial charge in [0.25, 0.3) is 0 Å². The van der Waals surface area contributed by atoms with Crippen LogP contribution >= 0.6 is 34.8 Å². The van der Waals surface area contributed by atoms with E-state index in [1.54, 1.807) is 0 Å². The fourth-order valence-corrected chi connectivity index (χ4v) is 1.64. The maximum Gasteiger partial charge on any atom is 0.232 e. The van der Waals surface area contributed by atoms with Crippen LogP contribution in [0.3, 0.4) is 0 Å². The van der Waals surface area contributed by atoms with Crippen LogP contribution < -0.4 is 0 Å². The number of alkyl halides is 3. The molecule has 0 saturated heterocycles. The van der Waals surface area contributed by atoms with Crippen molar-refractivity contribution in [2.24, 2.45) is 4.99 Å². The SMILES string of the molecule is CC(C)N=C(c1ccccc1)C(Cl)(Cl)Cl. The zero-order valence-electron chi connectivity index (χ0n) is 8.55. The predicted molar refractivity (Wildman–Crippen MR) is 68.4 cm³/mol. The smallest absolute Gasteiger partial charge is 0.232 e. The van der Waals surface area contributed by atoms with Crippen LogP contribution in [0.1, 0.15) is 19.4 Å². The highest BCUT2D eigenvalue weighted by atomic mass is 35.6. The lowest BCUT2D eigenvalue weighted by Crippen LogP contribution is -2.22. The van der Waals surface area contributed by atoms with Crippen molar-refractivity contribution >= 4 is 40.5 Å². The molecule has 0 aliphatic heterocycles. The van der Waals surface area contributed by atoms with Crippen LogP contribution in [0, 0.1) is 0 Å².